The predicted octanol–water partition coefficient (Wildman–Crippen LogP) is 3.77. The van der Waals surface area contributed by atoms with Crippen molar-refractivity contribution in [2.24, 2.45) is 0 Å². The molecule has 26 heavy (non-hydrogen) atoms. The van der Waals surface area contributed by atoms with Crippen molar-refractivity contribution in [3.8, 4) is 0 Å². The van der Waals surface area contributed by atoms with Crippen molar-refractivity contribution < 1.29 is 4.79 Å². The Morgan fingerprint density at radius 1 is 1.31 bits per heavy atom. The highest BCUT2D eigenvalue weighted by Gasteiger charge is 2.22. The summed E-state index contributed by atoms with van der Waals surface area (Å²) < 4.78 is 0. The zero-order chi connectivity index (χ0) is 18.7. The molecule has 6 heteroatoms. The Labute approximate surface area is 158 Å². The first kappa shape index (κ1) is 18.7. The monoisotopic (exact) mass is 371 g/mol. The van der Waals surface area contributed by atoms with E-state index in [2.05, 4.69) is 15.3 Å². The number of anilines is 1. The van der Waals surface area contributed by atoms with E-state index in [-0.39, 0.29) is 16.7 Å². The first-order chi connectivity index (χ1) is 12.5. The number of hydrogen-bond acceptors (Lipinski definition) is 4. The summed E-state index contributed by atoms with van der Waals surface area (Å²) in [6, 6.07) is 6.00. The molecule has 0 saturated carbocycles. The fourth-order valence-corrected chi connectivity index (χ4v) is 4.09. The molecule has 138 valence electrons. The van der Waals surface area contributed by atoms with E-state index in [9.17, 15) is 9.59 Å². The minimum atomic E-state index is -0.306. The first-order valence-corrected chi connectivity index (χ1v) is 10.0. The number of H-pyrrole nitrogens is 1. The summed E-state index contributed by atoms with van der Waals surface area (Å²) in [7, 11) is 0. The zero-order valence-corrected chi connectivity index (χ0v) is 16.3. The van der Waals surface area contributed by atoms with Crippen LogP contribution in [-0.4, -0.2) is 21.1 Å². The number of aryl methyl sites for hydroxylation is 3. The molecule has 0 radical (unpaired) electrons. The molecule has 0 fully saturated rings. The topological polar surface area (TPSA) is 74.8 Å². The van der Waals surface area contributed by atoms with Crippen molar-refractivity contribution in [1.82, 2.24) is 9.97 Å². The third kappa shape index (κ3) is 4.18. The van der Waals surface area contributed by atoms with Crippen LogP contribution in [0.2, 0.25) is 0 Å². The van der Waals surface area contributed by atoms with Crippen LogP contribution in [-0.2, 0) is 17.6 Å². The molecular formula is C20H25N3O2S. The minimum Gasteiger partial charge on any atom is -0.325 e. The molecule has 1 unspecified atom stereocenters. The quantitative estimate of drug-likeness (QED) is 0.620. The summed E-state index contributed by atoms with van der Waals surface area (Å²) in [5.74, 6) is -0.0634. The van der Waals surface area contributed by atoms with Crippen LogP contribution in [0.15, 0.2) is 28.2 Å². The largest absolute Gasteiger partial charge is 0.325 e. The van der Waals surface area contributed by atoms with Crippen LogP contribution < -0.4 is 10.9 Å². The van der Waals surface area contributed by atoms with E-state index >= 15 is 0 Å². The molecule has 2 aromatic rings. The van der Waals surface area contributed by atoms with E-state index in [0.717, 1.165) is 53.8 Å². The van der Waals surface area contributed by atoms with Crippen LogP contribution in [0.1, 0.15) is 48.6 Å². The summed E-state index contributed by atoms with van der Waals surface area (Å²) >= 11 is 1.33. The molecule has 1 aromatic carbocycles. The van der Waals surface area contributed by atoms with E-state index in [0.29, 0.717) is 11.6 Å². The van der Waals surface area contributed by atoms with E-state index < -0.39 is 0 Å². The summed E-state index contributed by atoms with van der Waals surface area (Å²) in [5.41, 5.74) is 4.63. The summed E-state index contributed by atoms with van der Waals surface area (Å²) in [6.07, 6.45) is 4.41. The molecule has 0 saturated heterocycles. The lowest BCUT2D eigenvalue weighted by molar-refractivity contribution is -0.115. The second kappa shape index (κ2) is 8.08. The Morgan fingerprint density at radius 2 is 2.08 bits per heavy atom. The molecule has 1 atom stereocenters. The van der Waals surface area contributed by atoms with Crippen LogP contribution >= 0.6 is 11.8 Å². The Bertz CT molecular complexity index is 876. The number of aromatic nitrogens is 2. The average molecular weight is 372 g/mol. The average Bonchev–Trinajstić information content (AvgIpc) is 2.62. The fourth-order valence-electron chi connectivity index (χ4n) is 3.18. The van der Waals surface area contributed by atoms with Gasteiger partial charge in [-0.05, 0) is 63.1 Å². The van der Waals surface area contributed by atoms with Crippen LogP contribution in [0.5, 0.6) is 0 Å². The SMILES string of the molecule is CCC(Sc1nc2c(c(=O)[nH]1)CCCC2)C(=O)Nc1cc(C)ccc1C. The normalized spacial score (nSPS) is 14.6. The fraction of sp³-hybridized carbons (Fsp3) is 0.450. The number of carbonyl (C=O) groups is 1. The Hall–Kier alpha value is -2.08. The van der Waals surface area contributed by atoms with Gasteiger partial charge in [0, 0.05) is 11.3 Å². The maximum Gasteiger partial charge on any atom is 0.254 e. The molecule has 1 heterocycles. The highest BCUT2D eigenvalue weighted by Crippen LogP contribution is 2.26. The van der Waals surface area contributed by atoms with Crippen molar-refractivity contribution in [1.29, 1.82) is 0 Å². The first-order valence-electron chi connectivity index (χ1n) is 9.14. The predicted molar refractivity (Wildman–Crippen MR) is 106 cm³/mol. The van der Waals surface area contributed by atoms with Gasteiger partial charge in [0.15, 0.2) is 5.16 Å². The van der Waals surface area contributed by atoms with Gasteiger partial charge in [0.05, 0.1) is 10.9 Å². The molecule has 1 aliphatic rings. The van der Waals surface area contributed by atoms with Gasteiger partial charge in [-0.3, -0.25) is 9.59 Å². The van der Waals surface area contributed by atoms with Gasteiger partial charge in [-0.25, -0.2) is 4.98 Å². The molecule has 0 bridgehead atoms. The minimum absolute atomic E-state index is 0.0537. The number of amides is 1. The van der Waals surface area contributed by atoms with Gasteiger partial charge in [-0.15, -0.1) is 0 Å². The standard InChI is InChI=1S/C20H25N3O2S/c1-4-17(19(25)21-16-11-12(2)9-10-13(16)3)26-20-22-15-8-6-5-7-14(15)18(24)23-20/h9-11,17H,4-8H2,1-3H3,(H,21,25)(H,22,23,24). The number of thioether (sulfide) groups is 1. The van der Waals surface area contributed by atoms with Crippen LogP contribution in [0.4, 0.5) is 5.69 Å². The highest BCUT2D eigenvalue weighted by atomic mass is 32.2. The van der Waals surface area contributed by atoms with Crippen molar-refractivity contribution in [3.63, 3.8) is 0 Å². The Morgan fingerprint density at radius 3 is 2.85 bits per heavy atom. The van der Waals surface area contributed by atoms with Gasteiger partial charge in [-0.1, -0.05) is 30.8 Å². The number of nitrogens with zero attached hydrogens (tertiary/aromatic N) is 1. The lowest BCUT2D eigenvalue weighted by Gasteiger charge is -2.18. The van der Waals surface area contributed by atoms with Crippen molar-refractivity contribution in [3.05, 3.63) is 50.9 Å². The molecule has 0 aliphatic heterocycles. The summed E-state index contributed by atoms with van der Waals surface area (Å²) in [5, 5.41) is 3.25. The molecule has 1 amide bonds. The van der Waals surface area contributed by atoms with Crippen LogP contribution in [0.25, 0.3) is 0 Å². The van der Waals surface area contributed by atoms with Gasteiger partial charge in [0.2, 0.25) is 5.91 Å². The number of rotatable bonds is 5. The molecule has 2 N–H and O–H groups in total. The van der Waals surface area contributed by atoms with Crippen molar-refractivity contribution in [2.75, 3.05) is 5.32 Å². The number of carbonyl (C=O) groups excluding carboxylic acids is 1. The Balaban J connectivity index is 1.77. The molecular weight excluding hydrogens is 346 g/mol. The van der Waals surface area contributed by atoms with Gasteiger partial charge in [-0.2, -0.15) is 0 Å². The second-order valence-electron chi connectivity index (χ2n) is 6.83. The van der Waals surface area contributed by atoms with Crippen molar-refractivity contribution >= 4 is 23.4 Å². The van der Waals surface area contributed by atoms with Crippen molar-refractivity contribution in [2.45, 2.75) is 63.3 Å². The molecule has 5 nitrogen and oxygen atoms in total. The molecule has 0 spiro atoms. The molecule has 1 aromatic heterocycles. The number of fused-ring (bicyclic) bond motifs is 1. The third-order valence-corrected chi connectivity index (χ3v) is 5.99. The van der Waals surface area contributed by atoms with Gasteiger partial charge < -0.3 is 10.3 Å². The third-order valence-electron chi connectivity index (χ3n) is 4.74. The van der Waals surface area contributed by atoms with E-state index in [1.807, 2.05) is 39.0 Å². The molecule has 1 aliphatic carbocycles. The molecule has 3 rings (SSSR count). The number of hydrogen-bond donors (Lipinski definition) is 2. The zero-order valence-electron chi connectivity index (χ0n) is 15.5. The number of aromatic amines is 1. The smallest absolute Gasteiger partial charge is 0.254 e. The number of nitrogens with one attached hydrogen (secondary N) is 2. The summed E-state index contributed by atoms with van der Waals surface area (Å²) in [4.78, 5) is 32.5. The lowest BCUT2D eigenvalue weighted by atomic mass is 9.97. The number of benzene rings is 1. The second-order valence-corrected chi connectivity index (χ2v) is 8.02. The lowest BCUT2D eigenvalue weighted by Crippen LogP contribution is -2.27. The van der Waals surface area contributed by atoms with Crippen LogP contribution in [0.3, 0.4) is 0 Å². The maximum absolute atomic E-state index is 12.7. The van der Waals surface area contributed by atoms with E-state index in [1.165, 1.54) is 11.8 Å². The highest BCUT2D eigenvalue weighted by molar-refractivity contribution is 8.00. The van der Waals surface area contributed by atoms with Gasteiger partial charge in [0.25, 0.3) is 5.56 Å². The van der Waals surface area contributed by atoms with Crippen LogP contribution in [0, 0.1) is 13.8 Å². The van der Waals surface area contributed by atoms with E-state index in [1.54, 1.807) is 0 Å². The Kier molecular flexibility index (Phi) is 5.81. The van der Waals surface area contributed by atoms with Gasteiger partial charge >= 0.3 is 0 Å². The van der Waals surface area contributed by atoms with E-state index in [4.69, 9.17) is 0 Å². The summed E-state index contributed by atoms with van der Waals surface area (Å²) in [6.45, 7) is 5.95. The van der Waals surface area contributed by atoms with Gasteiger partial charge in [0.1, 0.15) is 0 Å². The maximum atomic E-state index is 12.7.